The van der Waals surface area contributed by atoms with Crippen molar-refractivity contribution in [1.82, 2.24) is 16.0 Å². The van der Waals surface area contributed by atoms with Gasteiger partial charge in [0.05, 0.1) is 0 Å². The number of ether oxygens (including phenoxy) is 2. The molecule has 2 aromatic carbocycles. The highest BCUT2D eigenvalue weighted by Crippen LogP contribution is 2.11. The molecule has 170 valence electrons. The lowest BCUT2D eigenvalue weighted by molar-refractivity contribution is -0.123. The van der Waals surface area contributed by atoms with E-state index in [0.29, 0.717) is 29.8 Å². The molecule has 0 radical (unpaired) electrons. The number of carbonyl (C=O) groups is 4. The first-order valence-electron chi connectivity index (χ1n) is 9.80. The third-order valence-corrected chi connectivity index (χ3v) is 4.32. The quantitative estimate of drug-likeness (QED) is 0.441. The van der Waals surface area contributed by atoms with Crippen molar-refractivity contribution >= 4 is 36.0 Å². The highest BCUT2D eigenvalue weighted by atomic mass is 35.5. The molecule has 3 amide bonds. The van der Waals surface area contributed by atoms with Gasteiger partial charge >= 0.3 is 12.2 Å². The Morgan fingerprint density at radius 2 is 1.66 bits per heavy atom. The summed E-state index contributed by atoms with van der Waals surface area (Å²) < 4.78 is 9.92. The molecule has 0 aliphatic heterocycles. The second kappa shape index (κ2) is 13.7. The first-order chi connectivity index (χ1) is 15.5. The molecule has 1 unspecified atom stereocenters. The molecule has 0 saturated carbocycles. The van der Waals surface area contributed by atoms with Gasteiger partial charge in [0.25, 0.3) is 0 Å². The fourth-order valence-electron chi connectivity index (χ4n) is 2.52. The van der Waals surface area contributed by atoms with Gasteiger partial charge in [-0.2, -0.15) is 0 Å². The molecule has 0 spiro atoms. The molecule has 0 aromatic heterocycles. The Morgan fingerprint density at radius 3 is 2.38 bits per heavy atom. The third kappa shape index (κ3) is 9.94. The van der Waals surface area contributed by atoms with Crippen molar-refractivity contribution < 1.29 is 28.7 Å². The molecule has 0 saturated heterocycles. The van der Waals surface area contributed by atoms with Crippen molar-refractivity contribution in [3.8, 4) is 0 Å². The summed E-state index contributed by atoms with van der Waals surface area (Å²) in [6.45, 7) is -0.409. The highest BCUT2D eigenvalue weighted by molar-refractivity contribution is 6.30. The molecule has 0 aliphatic carbocycles. The summed E-state index contributed by atoms with van der Waals surface area (Å²) in [5.41, 5.74) is 1.75. The molecular weight excluding hydrogens is 438 g/mol. The molecule has 2 aromatic rings. The van der Waals surface area contributed by atoms with E-state index in [1.54, 1.807) is 24.3 Å². The number of hydrogen-bond acceptors (Lipinski definition) is 6. The maximum atomic E-state index is 11.9. The Kier molecular flexibility index (Phi) is 10.5. The summed E-state index contributed by atoms with van der Waals surface area (Å²) in [6.07, 6.45) is -0.447. The Bertz CT molecular complexity index is 910. The van der Waals surface area contributed by atoms with Gasteiger partial charge < -0.3 is 30.2 Å². The van der Waals surface area contributed by atoms with Crippen LogP contribution >= 0.6 is 11.6 Å². The van der Waals surface area contributed by atoms with Crippen LogP contribution in [0.4, 0.5) is 9.59 Å². The minimum atomic E-state index is -1.05. The predicted molar refractivity (Wildman–Crippen MR) is 117 cm³/mol. The van der Waals surface area contributed by atoms with Gasteiger partial charge in [-0.25, -0.2) is 9.59 Å². The zero-order chi connectivity index (χ0) is 23.2. The van der Waals surface area contributed by atoms with E-state index < -0.39 is 30.7 Å². The van der Waals surface area contributed by atoms with Crippen molar-refractivity contribution in [3.63, 3.8) is 0 Å². The average Bonchev–Trinajstić information content (AvgIpc) is 2.79. The van der Waals surface area contributed by atoms with Crippen LogP contribution < -0.4 is 16.0 Å². The van der Waals surface area contributed by atoms with Gasteiger partial charge in [-0.15, -0.1) is 0 Å². The molecule has 0 bridgehead atoms. The Hall–Kier alpha value is -3.59. The maximum Gasteiger partial charge on any atom is 0.407 e. The molecule has 0 fully saturated rings. The number of carbonyl (C=O) groups excluding carboxylic acids is 4. The lowest BCUT2D eigenvalue weighted by atomic mass is 10.1. The number of hydrogen-bond donors (Lipinski definition) is 3. The Morgan fingerprint density at radius 1 is 0.938 bits per heavy atom. The smallest absolute Gasteiger partial charge is 0.407 e. The van der Waals surface area contributed by atoms with E-state index in [1.165, 1.54) is 0 Å². The minimum Gasteiger partial charge on any atom is -0.447 e. The normalized spacial score (nSPS) is 11.0. The summed E-state index contributed by atoms with van der Waals surface area (Å²) in [6, 6.07) is 15.3. The molecule has 0 aliphatic rings. The Labute approximate surface area is 190 Å². The van der Waals surface area contributed by atoms with Crippen molar-refractivity contribution in [3.05, 3.63) is 70.7 Å². The molecule has 2 rings (SSSR count). The summed E-state index contributed by atoms with van der Waals surface area (Å²) >= 11 is 5.85. The average molecular weight is 462 g/mol. The predicted octanol–water partition coefficient (Wildman–Crippen LogP) is 2.22. The molecular formula is C22H24ClN3O6. The summed E-state index contributed by atoms with van der Waals surface area (Å²) in [5, 5.41) is 7.68. The van der Waals surface area contributed by atoms with Gasteiger partial charge in [0.2, 0.25) is 5.91 Å². The van der Waals surface area contributed by atoms with E-state index >= 15 is 0 Å². The number of alkyl carbamates (subject to hydrolysis) is 2. The van der Waals surface area contributed by atoms with E-state index in [4.69, 9.17) is 21.1 Å². The molecule has 9 nitrogen and oxygen atoms in total. The second-order valence-electron chi connectivity index (χ2n) is 6.63. The molecule has 10 heteroatoms. The van der Waals surface area contributed by atoms with Crippen molar-refractivity contribution in [1.29, 1.82) is 0 Å². The van der Waals surface area contributed by atoms with Crippen LogP contribution in [0.25, 0.3) is 0 Å². The highest BCUT2D eigenvalue weighted by Gasteiger charge is 2.15. The second-order valence-corrected chi connectivity index (χ2v) is 7.07. The van der Waals surface area contributed by atoms with Crippen molar-refractivity contribution in [2.45, 2.75) is 19.1 Å². The first kappa shape index (κ1) is 24.7. The number of benzene rings is 2. The van der Waals surface area contributed by atoms with Crippen LogP contribution in [0.5, 0.6) is 0 Å². The van der Waals surface area contributed by atoms with Crippen LogP contribution in [-0.2, 0) is 32.1 Å². The van der Waals surface area contributed by atoms with Crippen LogP contribution in [0, 0.1) is 0 Å². The van der Waals surface area contributed by atoms with Crippen LogP contribution in [-0.4, -0.2) is 50.1 Å². The zero-order valence-electron chi connectivity index (χ0n) is 17.2. The fraction of sp³-hybridized carbons (Fsp3) is 0.273. The van der Waals surface area contributed by atoms with Crippen molar-refractivity contribution in [2.75, 3.05) is 19.7 Å². The molecule has 1 atom stereocenters. The minimum absolute atomic E-state index is 0.0157. The molecule has 32 heavy (non-hydrogen) atoms. The number of rotatable bonds is 11. The molecule has 3 N–H and O–H groups in total. The van der Waals surface area contributed by atoms with Crippen LogP contribution in [0.2, 0.25) is 5.02 Å². The van der Waals surface area contributed by atoms with E-state index in [9.17, 15) is 19.2 Å². The summed E-state index contributed by atoms with van der Waals surface area (Å²) in [5.74, 6) is -0.644. The van der Waals surface area contributed by atoms with Crippen LogP contribution in [0.15, 0.2) is 54.6 Å². The SMILES string of the molecule is O=CC(COC(=O)NCCc1ccccc1)NC(=O)CNC(=O)OCc1cccc(Cl)c1. The topological polar surface area (TPSA) is 123 Å². The lowest BCUT2D eigenvalue weighted by Crippen LogP contribution is -2.45. The van der Waals surface area contributed by atoms with E-state index in [2.05, 4.69) is 16.0 Å². The number of aldehydes is 1. The van der Waals surface area contributed by atoms with Crippen molar-refractivity contribution in [2.24, 2.45) is 0 Å². The number of amides is 3. The zero-order valence-corrected chi connectivity index (χ0v) is 18.0. The first-order valence-corrected chi connectivity index (χ1v) is 10.2. The summed E-state index contributed by atoms with van der Waals surface area (Å²) in [4.78, 5) is 46.4. The Balaban J connectivity index is 1.60. The molecule has 0 heterocycles. The third-order valence-electron chi connectivity index (χ3n) is 4.08. The van der Waals surface area contributed by atoms with Gasteiger partial charge in [0, 0.05) is 11.6 Å². The number of nitrogens with one attached hydrogen (secondary N) is 3. The maximum absolute atomic E-state index is 11.9. The van der Waals surface area contributed by atoms with Crippen LogP contribution in [0.1, 0.15) is 11.1 Å². The van der Waals surface area contributed by atoms with Gasteiger partial charge in [-0.05, 0) is 29.7 Å². The van der Waals surface area contributed by atoms with E-state index in [-0.39, 0.29) is 13.2 Å². The number of halogens is 1. The van der Waals surface area contributed by atoms with Gasteiger partial charge in [-0.3, -0.25) is 4.79 Å². The van der Waals surface area contributed by atoms with Crippen LogP contribution in [0.3, 0.4) is 0 Å². The monoisotopic (exact) mass is 461 g/mol. The standard InChI is InChI=1S/C22H24ClN3O6/c23-18-8-4-7-17(11-18)14-31-22(30)25-12-20(28)26-19(13-27)15-32-21(29)24-10-9-16-5-2-1-3-6-16/h1-8,11,13,19H,9-10,12,14-15H2,(H,24,29)(H,25,30)(H,26,28). The largest absolute Gasteiger partial charge is 0.447 e. The van der Waals surface area contributed by atoms with E-state index in [1.807, 2.05) is 30.3 Å². The van der Waals surface area contributed by atoms with Gasteiger partial charge in [0.15, 0.2) is 0 Å². The summed E-state index contributed by atoms with van der Waals surface area (Å²) in [7, 11) is 0. The lowest BCUT2D eigenvalue weighted by Gasteiger charge is -2.14. The van der Waals surface area contributed by atoms with Gasteiger partial charge in [-0.1, -0.05) is 54.1 Å². The van der Waals surface area contributed by atoms with Gasteiger partial charge in [0.1, 0.15) is 32.1 Å². The van der Waals surface area contributed by atoms with E-state index in [0.717, 1.165) is 5.56 Å². The fourth-order valence-corrected chi connectivity index (χ4v) is 2.73.